The number of rotatable bonds is 8. The number of amides is 1. The molecule has 0 saturated carbocycles. The fraction of sp³-hybridized carbons (Fsp3) is 0.550. The Kier molecular flexibility index (Phi) is 8.36. The molecule has 0 bridgehead atoms. The number of hydrogen-bond acceptors (Lipinski definition) is 5. The number of amidine groups is 2. The van der Waals surface area contributed by atoms with Crippen LogP contribution in [0.3, 0.4) is 0 Å². The Balaban J connectivity index is 2.13. The second-order valence-corrected chi connectivity index (χ2v) is 9.53. The van der Waals surface area contributed by atoms with Gasteiger partial charge in [0, 0.05) is 19.6 Å². The van der Waals surface area contributed by atoms with E-state index in [1.165, 1.54) is 12.1 Å². The lowest BCUT2D eigenvalue weighted by molar-refractivity contribution is -0.134. The monoisotopic (exact) mass is 436 g/mol. The number of carbonyl (C=O) groups is 1. The maximum atomic E-state index is 13.1. The highest BCUT2D eigenvalue weighted by Gasteiger charge is 2.30. The van der Waals surface area contributed by atoms with Crippen LogP contribution < -0.4 is 16.2 Å². The van der Waals surface area contributed by atoms with Crippen LogP contribution in [0.5, 0.6) is 0 Å². The fourth-order valence-electron chi connectivity index (χ4n) is 3.24. The van der Waals surface area contributed by atoms with E-state index in [0.717, 1.165) is 18.4 Å². The summed E-state index contributed by atoms with van der Waals surface area (Å²) >= 11 is 0. The van der Waals surface area contributed by atoms with E-state index in [9.17, 15) is 13.2 Å². The van der Waals surface area contributed by atoms with Gasteiger partial charge in [0.1, 0.15) is 6.04 Å². The Labute approximate surface area is 178 Å². The van der Waals surface area contributed by atoms with Crippen LogP contribution in [-0.4, -0.2) is 56.6 Å². The molecular formula is C20H32N6O3S. The van der Waals surface area contributed by atoms with Crippen molar-refractivity contribution in [1.82, 2.24) is 9.62 Å². The zero-order valence-electron chi connectivity index (χ0n) is 17.6. The maximum absolute atomic E-state index is 13.1. The largest absolute Gasteiger partial charge is 0.381 e. The fourth-order valence-corrected chi connectivity index (χ4v) is 4.46. The molecule has 30 heavy (non-hydrogen) atoms. The van der Waals surface area contributed by atoms with Crippen LogP contribution in [0.2, 0.25) is 0 Å². The van der Waals surface area contributed by atoms with Crippen LogP contribution >= 0.6 is 0 Å². The number of aryl methyl sites for hydroxylation is 1. The molecule has 9 nitrogen and oxygen atoms in total. The number of aliphatic imine (C=N–C) groups is 1. The number of nitrogens with two attached hydrogens (primary N) is 2. The minimum atomic E-state index is -3.85. The molecule has 1 unspecified atom stereocenters. The SMILES string of the molecule is Cc1ccc(S(=O)(=O)NC(CCCN=C(N)C(=N)N)C(=O)N2CCC(C)CC2)cc1. The standard InChI is InChI=1S/C20H32N6O3S/c1-14-5-7-16(8-6-14)30(28,29)25-17(4-3-11-24-19(23)18(21)22)20(27)26-12-9-15(2)10-13-26/h5-8,15,17,25H,3-4,9-13H2,1-2H3,(H3,21,22)(H2,23,24). The number of benzene rings is 1. The molecule has 1 aliphatic heterocycles. The van der Waals surface area contributed by atoms with Gasteiger partial charge in [-0.2, -0.15) is 4.72 Å². The highest BCUT2D eigenvalue weighted by atomic mass is 32.2. The average molecular weight is 437 g/mol. The predicted molar refractivity (Wildman–Crippen MR) is 118 cm³/mol. The normalized spacial score (nSPS) is 17.0. The lowest BCUT2D eigenvalue weighted by atomic mass is 9.98. The summed E-state index contributed by atoms with van der Waals surface area (Å²) in [5, 5.41) is 7.24. The van der Waals surface area contributed by atoms with Crippen molar-refractivity contribution in [3.63, 3.8) is 0 Å². The molecule has 1 atom stereocenters. The number of likely N-dealkylation sites (tertiary alicyclic amines) is 1. The van der Waals surface area contributed by atoms with Crippen LogP contribution in [0.4, 0.5) is 0 Å². The molecule has 1 heterocycles. The molecule has 1 aliphatic rings. The highest BCUT2D eigenvalue weighted by molar-refractivity contribution is 7.89. The molecule has 1 fully saturated rings. The minimum absolute atomic E-state index is 0.0665. The quantitative estimate of drug-likeness (QED) is 0.271. The molecule has 166 valence electrons. The maximum Gasteiger partial charge on any atom is 0.241 e. The third kappa shape index (κ3) is 6.81. The van der Waals surface area contributed by atoms with Gasteiger partial charge >= 0.3 is 0 Å². The van der Waals surface area contributed by atoms with E-state index in [2.05, 4.69) is 16.6 Å². The number of sulfonamides is 1. The highest BCUT2D eigenvalue weighted by Crippen LogP contribution is 2.19. The van der Waals surface area contributed by atoms with Gasteiger partial charge in [0.25, 0.3) is 0 Å². The molecule has 0 spiro atoms. The molecule has 1 aromatic carbocycles. The van der Waals surface area contributed by atoms with Gasteiger partial charge in [-0.15, -0.1) is 0 Å². The summed E-state index contributed by atoms with van der Waals surface area (Å²) in [7, 11) is -3.85. The van der Waals surface area contributed by atoms with Crippen molar-refractivity contribution in [3.05, 3.63) is 29.8 Å². The van der Waals surface area contributed by atoms with Crippen molar-refractivity contribution in [1.29, 1.82) is 5.41 Å². The Hall–Kier alpha value is -2.46. The van der Waals surface area contributed by atoms with E-state index in [-0.39, 0.29) is 35.4 Å². The van der Waals surface area contributed by atoms with Gasteiger partial charge in [0.05, 0.1) is 4.90 Å². The van der Waals surface area contributed by atoms with Crippen molar-refractivity contribution in [3.8, 4) is 0 Å². The van der Waals surface area contributed by atoms with Crippen LogP contribution in [0.25, 0.3) is 0 Å². The zero-order chi connectivity index (χ0) is 22.3. The number of piperidine rings is 1. The second-order valence-electron chi connectivity index (χ2n) is 7.82. The van der Waals surface area contributed by atoms with Gasteiger partial charge in [0.2, 0.25) is 15.9 Å². The molecule has 0 aliphatic carbocycles. The molecule has 6 N–H and O–H groups in total. The van der Waals surface area contributed by atoms with Gasteiger partial charge in [-0.25, -0.2) is 8.42 Å². The van der Waals surface area contributed by atoms with E-state index in [1.54, 1.807) is 17.0 Å². The Morgan fingerprint density at radius 3 is 2.43 bits per heavy atom. The Morgan fingerprint density at radius 1 is 1.27 bits per heavy atom. The first kappa shape index (κ1) is 23.8. The summed E-state index contributed by atoms with van der Waals surface area (Å²) in [6, 6.07) is 5.60. The first-order chi connectivity index (χ1) is 14.1. The number of nitrogens with zero attached hydrogens (tertiary/aromatic N) is 2. The third-order valence-electron chi connectivity index (χ3n) is 5.23. The van der Waals surface area contributed by atoms with Gasteiger partial charge in [-0.05, 0) is 50.7 Å². The summed E-state index contributed by atoms with van der Waals surface area (Å²) in [6.45, 7) is 5.52. The number of carbonyl (C=O) groups excluding carboxylic acids is 1. The van der Waals surface area contributed by atoms with Crippen LogP contribution in [0.15, 0.2) is 34.2 Å². The first-order valence-electron chi connectivity index (χ1n) is 10.1. The Morgan fingerprint density at radius 2 is 1.87 bits per heavy atom. The van der Waals surface area contributed by atoms with E-state index in [1.807, 2.05) is 6.92 Å². The molecular weight excluding hydrogens is 404 g/mol. The van der Waals surface area contributed by atoms with Gasteiger partial charge in [0.15, 0.2) is 11.7 Å². The van der Waals surface area contributed by atoms with Gasteiger partial charge in [-0.1, -0.05) is 24.6 Å². The molecule has 2 rings (SSSR count). The second kappa shape index (κ2) is 10.5. The van der Waals surface area contributed by atoms with Crippen molar-refractivity contribution in [2.75, 3.05) is 19.6 Å². The van der Waals surface area contributed by atoms with Crippen molar-refractivity contribution < 1.29 is 13.2 Å². The predicted octanol–water partition coefficient (Wildman–Crippen LogP) is 0.974. The van der Waals surface area contributed by atoms with Crippen molar-refractivity contribution in [2.45, 2.75) is 50.5 Å². The summed E-state index contributed by atoms with van der Waals surface area (Å²) in [5.41, 5.74) is 11.7. The van der Waals surface area contributed by atoms with Crippen LogP contribution in [-0.2, 0) is 14.8 Å². The van der Waals surface area contributed by atoms with E-state index >= 15 is 0 Å². The molecule has 1 amide bonds. The van der Waals surface area contributed by atoms with E-state index < -0.39 is 16.1 Å². The molecule has 0 aromatic heterocycles. The summed E-state index contributed by atoms with van der Waals surface area (Å²) in [6.07, 6.45) is 2.50. The Bertz CT molecular complexity index is 874. The summed E-state index contributed by atoms with van der Waals surface area (Å²) in [5.74, 6) is -0.0463. The van der Waals surface area contributed by atoms with Gasteiger partial charge in [-0.3, -0.25) is 15.2 Å². The average Bonchev–Trinajstić information content (AvgIpc) is 2.70. The number of nitrogens with one attached hydrogen (secondary N) is 2. The van der Waals surface area contributed by atoms with E-state index in [4.69, 9.17) is 16.9 Å². The smallest absolute Gasteiger partial charge is 0.241 e. The molecule has 1 aromatic rings. The third-order valence-corrected chi connectivity index (χ3v) is 6.72. The lowest BCUT2D eigenvalue weighted by Gasteiger charge is -2.33. The van der Waals surface area contributed by atoms with Gasteiger partial charge < -0.3 is 16.4 Å². The van der Waals surface area contributed by atoms with Crippen molar-refractivity contribution in [2.24, 2.45) is 22.4 Å². The van der Waals surface area contributed by atoms with Crippen molar-refractivity contribution >= 4 is 27.6 Å². The first-order valence-corrected chi connectivity index (χ1v) is 11.6. The summed E-state index contributed by atoms with van der Waals surface area (Å²) in [4.78, 5) is 18.9. The molecule has 0 radical (unpaired) electrons. The topological polar surface area (TPSA) is 155 Å². The summed E-state index contributed by atoms with van der Waals surface area (Å²) < 4.78 is 28.3. The number of hydrogen-bond donors (Lipinski definition) is 4. The molecule has 1 saturated heterocycles. The van der Waals surface area contributed by atoms with Crippen LogP contribution in [0, 0.1) is 18.3 Å². The molecule has 10 heteroatoms. The zero-order valence-corrected chi connectivity index (χ0v) is 18.4. The van der Waals surface area contributed by atoms with E-state index in [0.29, 0.717) is 25.4 Å². The van der Waals surface area contributed by atoms with Crippen LogP contribution in [0.1, 0.15) is 38.2 Å². The lowest BCUT2D eigenvalue weighted by Crippen LogP contribution is -2.50. The minimum Gasteiger partial charge on any atom is -0.381 e.